The Morgan fingerprint density at radius 2 is 0.984 bits per heavy atom. The van der Waals surface area contributed by atoms with Crippen molar-refractivity contribution in [1.29, 1.82) is 0 Å². The van der Waals surface area contributed by atoms with Gasteiger partial charge in [-0.05, 0) is 127 Å². The highest BCUT2D eigenvalue weighted by Gasteiger charge is 2.51. The zero-order valence-electron chi connectivity index (χ0n) is 34.7. The second kappa shape index (κ2) is 13.5. The lowest BCUT2D eigenvalue weighted by Gasteiger charge is -2.36. The van der Waals surface area contributed by atoms with Crippen molar-refractivity contribution in [2.75, 3.05) is 4.90 Å². The number of para-hydroxylation sites is 2. The lowest BCUT2D eigenvalue weighted by molar-refractivity contribution is 0.669. The van der Waals surface area contributed by atoms with Gasteiger partial charge in [0.15, 0.2) is 15.0 Å². The Bertz CT molecular complexity index is 3860. The van der Waals surface area contributed by atoms with Gasteiger partial charge < -0.3 is 9.32 Å². The van der Waals surface area contributed by atoms with Crippen LogP contribution in [0.5, 0.6) is 0 Å². The third-order valence-electron chi connectivity index (χ3n) is 14.0. The van der Waals surface area contributed by atoms with Crippen molar-refractivity contribution in [2.24, 2.45) is 0 Å². The Morgan fingerprint density at radius 1 is 0.375 bits per heavy atom. The fourth-order valence-corrected chi connectivity index (χ4v) is 12.6. The average Bonchev–Trinajstić information content (AvgIpc) is 4.01. The molecular formula is C61H38NOS+. The molecule has 0 saturated carbocycles. The van der Waals surface area contributed by atoms with Crippen LogP contribution < -0.4 is 4.90 Å². The van der Waals surface area contributed by atoms with Crippen LogP contribution in [0.3, 0.4) is 0 Å². The Kier molecular flexibility index (Phi) is 7.51. The number of hydrogen-bond acceptors (Lipinski definition) is 2. The van der Waals surface area contributed by atoms with Crippen LogP contribution in [0.25, 0.3) is 86.6 Å². The predicted octanol–water partition coefficient (Wildman–Crippen LogP) is 16.8. The molecule has 2 aliphatic carbocycles. The lowest BCUT2D eigenvalue weighted by Crippen LogP contribution is -2.29. The summed E-state index contributed by atoms with van der Waals surface area (Å²) < 4.78 is 9.58. The van der Waals surface area contributed by atoms with Gasteiger partial charge in [0.1, 0.15) is 5.58 Å². The van der Waals surface area contributed by atoms with Crippen LogP contribution in [0.4, 0.5) is 17.1 Å². The van der Waals surface area contributed by atoms with E-state index in [1.54, 1.807) is 0 Å². The molecule has 298 valence electrons. The van der Waals surface area contributed by atoms with E-state index in [2.05, 4.69) is 229 Å². The van der Waals surface area contributed by atoms with Crippen LogP contribution in [-0.4, -0.2) is 0 Å². The van der Waals surface area contributed by atoms with Crippen LogP contribution in [0.2, 0.25) is 0 Å². The van der Waals surface area contributed by atoms with E-state index in [0.29, 0.717) is 0 Å². The number of anilines is 3. The Labute approximate surface area is 374 Å². The second-order valence-electron chi connectivity index (χ2n) is 17.1. The molecule has 0 saturated heterocycles. The first kappa shape index (κ1) is 35.6. The summed E-state index contributed by atoms with van der Waals surface area (Å²) >= 11 is 1.26. The molecule has 2 aromatic heterocycles. The SMILES string of the molecule is c1ccc(-c2ccc(N(c3ccc4c(c3)C3(c5ccccc5-c5ccccc5-4)c4ccccc4-c4c3ccc3[sH+]c5ccccc5c43)c3cccc4c3oc3ccccc34)cc2)cc1. The standard InChI is InChI=1S/C61H37NOS/c1-2-15-38(16-3-1)39-29-31-40(32-30-39)62(54-26-14-23-47-46-20-8-12-27-55(46)63-60(47)54)41-33-34-45-43-18-5-4-17-42(43)44-19-6-10-24-50(44)61(53(45)37-41)51-25-11-7-21-48(51)58-52(61)35-36-57-59(58)49-22-9-13-28-56(49)64-57/h1-37H/p+1. The minimum absolute atomic E-state index is 0.648. The van der Waals surface area contributed by atoms with Crippen LogP contribution in [-0.2, 0) is 5.41 Å². The molecule has 10 aromatic carbocycles. The highest BCUT2D eigenvalue weighted by Crippen LogP contribution is 2.64. The maximum Gasteiger partial charge on any atom is 0.180 e. The Hall–Kier alpha value is -7.98. The molecule has 64 heavy (non-hydrogen) atoms. The molecule has 0 aliphatic heterocycles. The van der Waals surface area contributed by atoms with Gasteiger partial charge in [0.05, 0.1) is 16.5 Å². The number of fused-ring (bicyclic) bond motifs is 19. The van der Waals surface area contributed by atoms with E-state index in [9.17, 15) is 0 Å². The second-order valence-corrected chi connectivity index (χ2v) is 18.3. The van der Waals surface area contributed by atoms with Crippen molar-refractivity contribution in [3.63, 3.8) is 0 Å². The van der Waals surface area contributed by atoms with Gasteiger partial charge in [-0.3, -0.25) is 0 Å². The molecule has 2 nitrogen and oxygen atoms in total. The molecule has 3 heteroatoms. The number of thiophene rings is 1. The molecular weight excluding hydrogens is 795 g/mol. The summed E-state index contributed by atoms with van der Waals surface area (Å²) in [5.74, 6) is 0. The van der Waals surface area contributed by atoms with Crippen molar-refractivity contribution in [3.8, 4) is 44.5 Å². The molecule has 2 heterocycles. The van der Waals surface area contributed by atoms with Crippen LogP contribution >= 0.6 is 11.3 Å². The predicted molar refractivity (Wildman–Crippen MR) is 270 cm³/mol. The van der Waals surface area contributed by atoms with Crippen molar-refractivity contribution in [3.05, 3.63) is 247 Å². The molecule has 0 N–H and O–H groups in total. The minimum atomic E-state index is -0.648. The molecule has 14 rings (SSSR count). The zero-order chi connectivity index (χ0) is 41.9. The molecule has 1 unspecified atom stereocenters. The Morgan fingerprint density at radius 3 is 1.80 bits per heavy atom. The zero-order valence-corrected chi connectivity index (χ0v) is 35.6. The van der Waals surface area contributed by atoms with Crippen molar-refractivity contribution < 1.29 is 4.42 Å². The summed E-state index contributed by atoms with van der Waals surface area (Å²) in [6.45, 7) is 0. The summed E-state index contributed by atoms with van der Waals surface area (Å²) in [6.07, 6.45) is 0. The topological polar surface area (TPSA) is 16.4 Å². The molecule has 1 atom stereocenters. The van der Waals surface area contributed by atoms with E-state index in [0.717, 1.165) is 39.0 Å². The van der Waals surface area contributed by atoms with Gasteiger partial charge in [-0.2, -0.15) is 0 Å². The number of benzene rings is 10. The molecule has 0 amide bonds. The number of nitrogens with zero attached hydrogens (tertiary/aromatic N) is 1. The quantitative estimate of drug-likeness (QED) is 0.164. The van der Waals surface area contributed by atoms with E-state index >= 15 is 0 Å². The monoisotopic (exact) mass is 832 g/mol. The summed E-state index contributed by atoms with van der Waals surface area (Å²) in [5.41, 5.74) is 19.4. The normalized spacial score (nSPS) is 14.6. The highest BCUT2D eigenvalue weighted by atomic mass is 32.1. The minimum Gasteiger partial charge on any atom is -0.454 e. The van der Waals surface area contributed by atoms with E-state index in [-0.39, 0.29) is 0 Å². The summed E-state index contributed by atoms with van der Waals surface area (Å²) in [7, 11) is 0. The van der Waals surface area contributed by atoms with Gasteiger partial charge in [-0.1, -0.05) is 170 Å². The van der Waals surface area contributed by atoms with Gasteiger partial charge in [0.2, 0.25) is 0 Å². The molecule has 2 aliphatic rings. The first-order chi connectivity index (χ1) is 31.8. The lowest BCUT2D eigenvalue weighted by atomic mass is 9.65. The third kappa shape index (κ3) is 4.85. The maximum absolute atomic E-state index is 6.84. The Balaban J connectivity index is 1.11. The largest absolute Gasteiger partial charge is 0.454 e. The van der Waals surface area contributed by atoms with Crippen molar-refractivity contribution in [1.82, 2.24) is 0 Å². The number of rotatable bonds is 4. The van der Waals surface area contributed by atoms with Crippen LogP contribution in [0.15, 0.2) is 229 Å². The molecule has 0 radical (unpaired) electrons. The molecule has 0 bridgehead atoms. The first-order valence-electron chi connectivity index (χ1n) is 22.0. The number of furan rings is 1. The van der Waals surface area contributed by atoms with Gasteiger partial charge in [-0.15, -0.1) is 0 Å². The fourth-order valence-electron chi connectivity index (χ4n) is 11.3. The number of hydrogen-bond donors (Lipinski definition) is 0. The van der Waals surface area contributed by atoms with E-state index in [4.69, 9.17) is 4.42 Å². The van der Waals surface area contributed by atoms with Gasteiger partial charge in [0, 0.05) is 33.1 Å². The van der Waals surface area contributed by atoms with Crippen molar-refractivity contribution >= 4 is 70.5 Å². The van der Waals surface area contributed by atoms with E-state index in [1.807, 2.05) is 0 Å². The fraction of sp³-hybridized carbons (Fsp3) is 0.0164. The first-order valence-corrected chi connectivity index (χ1v) is 22.9. The smallest absolute Gasteiger partial charge is 0.180 e. The maximum atomic E-state index is 6.84. The summed E-state index contributed by atoms with van der Waals surface area (Å²) in [6, 6.07) is 83.1. The van der Waals surface area contributed by atoms with Crippen LogP contribution in [0.1, 0.15) is 22.3 Å². The average molecular weight is 833 g/mol. The summed E-state index contributed by atoms with van der Waals surface area (Å²) in [5, 5.41) is 4.92. The molecule has 0 fully saturated rings. The van der Waals surface area contributed by atoms with Crippen molar-refractivity contribution in [2.45, 2.75) is 5.41 Å². The van der Waals surface area contributed by atoms with E-state index < -0.39 is 5.41 Å². The molecule has 12 aromatic rings. The van der Waals surface area contributed by atoms with Crippen LogP contribution in [0, 0.1) is 0 Å². The van der Waals surface area contributed by atoms with Gasteiger partial charge in [0.25, 0.3) is 0 Å². The van der Waals surface area contributed by atoms with E-state index in [1.165, 1.54) is 98.3 Å². The van der Waals surface area contributed by atoms with Gasteiger partial charge in [-0.25, -0.2) is 0 Å². The molecule has 1 spiro atoms. The summed E-state index contributed by atoms with van der Waals surface area (Å²) in [4.78, 5) is 2.41. The third-order valence-corrected chi connectivity index (χ3v) is 15.2. The van der Waals surface area contributed by atoms with Gasteiger partial charge >= 0.3 is 0 Å². The highest BCUT2D eigenvalue weighted by molar-refractivity contribution is 7.26.